The molecule has 120 valence electrons. The number of carbonyl (C=O) groups is 3. The molecule has 0 aromatic heterocycles. The Kier molecular flexibility index (Phi) is 6.28. The number of nitrogens with zero attached hydrogens (tertiary/aromatic N) is 1. The number of benzene rings is 1. The molecule has 0 saturated carbocycles. The molecule has 0 spiro atoms. The fourth-order valence-electron chi connectivity index (χ4n) is 2.17. The molecule has 0 aliphatic carbocycles. The molecule has 22 heavy (non-hydrogen) atoms. The molecule has 1 rings (SSSR count). The van der Waals surface area contributed by atoms with E-state index in [1.807, 2.05) is 32.0 Å². The third-order valence-corrected chi connectivity index (χ3v) is 3.65. The number of Topliss-reactive ketones (excluding diaryl/α,β-unsaturated/α-hetero) is 1. The number of amides is 1. The fourth-order valence-corrected chi connectivity index (χ4v) is 2.17. The second-order valence-electron chi connectivity index (χ2n) is 5.76. The van der Waals surface area contributed by atoms with E-state index in [1.165, 1.54) is 4.90 Å². The van der Waals surface area contributed by atoms with Crippen molar-refractivity contribution in [1.82, 2.24) is 4.90 Å². The number of aliphatic carboxylic acids is 1. The maximum Gasteiger partial charge on any atom is 0.308 e. The summed E-state index contributed by atoms with van der Waals surface area (Å²) >= 11 is 0. The maximum atomic E-state index is 12.2. The lowest BCUT2D eigenvalue weighted by atomic mass is 9.99. The van der Waals surface area contributed by atoms with Gasteiger partial charge in [0, 0.05) is 32.0 Å². The molecule has 1 aromatic rings. The Morgan fingerprint density at radius 1 is 1.18 bits per heavy atom. The summed E-state index contributed by atoms with van der Waals surface area (Å²) in [6, 6.07) is 5.67. The number of hydrogen-bond donors (Lipinski definition) is 1. The molecule has 1 aromatic carbocycles. The van der Waals surface area contributed by atoms with Crippen LogP contribution in [0.15, 0.2) is 18.2 Å². The zero-order valence-corrected chi connectivity index (χ0v) is 13.5. The first-order chi connectivity index (χ1) is 10.2. The van der Waals surface area contributed by atoms with Gasteiger partial charge in [0.1, 0.15) is 0 Å². The summed E-state index contributed by atoms with van der Waals surface area (Å²) in [4.78, 5) is 36.3. The molecule has 5 heteroatoms. The molecule has 5 nitrogen and oxygen atoms in total. The number of carboxylic acid groups (broad SMARTS) is 1. The lowest BCUT2D eigenvalue weighted by Crippen LogP contribution is -2.33. The third kappa shape index (κ3) is 4.98. The van der Waals surface area contributed by atoms with E-state index in [0.717, 1.165) is 11.1 Å². The number of aryl methyl sites for hydroxylation is 2. The van der Waals surface area contributed by atoms with Crippen LogP contribution in [0, 0.1) is 19.8 Å². The molecule has 1 unspecified atom stereocenters. The average molecular weight is 305 g/mol. The largest absolute Gasteiger partial charge is 0.481 e. The van der Waals surface area contributed by atoms with Crippen molar-refractivity contribution in [3.63, 3.8) is 0 Å². The molecule has 1 atom stereocenters. The summed E-state index contributed by atoms with van der Waals surface area (Å²) in [5.41, 5.74) is 2.55. The van der Waals surface area contributed by atoms with Crippen LogP contribution in [-0.4, -0.2) is 41.3 Å². The highest BCUT2D eigenvalue weighted by Crippen LogP contribution is 2.14. The van der Waals surface area contributed by atoms with Crippen LogP contribution in [0.3, 0.4) is 0 Å². The van der Waals surface area contributed by atoms with E-state index in [9.17, 15) is 14.4 Å². The number of ketones is 1. The minimum absolute atomic E-state index is 0.0609. The molecule has 0 radical (unpaired) electrons. The van der Waals surface area contributed by atoms with E-state index in [2.05, 4.69) is 0 Å². The second-order valence-corrected chi connectivity index (χ2v) is 5.76. The Morgan fingerprint density at radius 3 is 2.41 bits per heavy atom. The number of carbonyl (C=O) groups excluding carboxylic acids is 2. The highest BCUT2D eigenvalue weighted by molar-refractivity contribution is 5.99. The smallest absolute Gasteiger partial charge is 0.308 e. The van der Waals surface area contributed by atoms with Gasteiger partial charge >= 0.3 is 5.97 Å². The van der Waals surface area contributed by atoms with E-state index in [-0.39, 0.29) is 31.1 Å². The van der Waals surface area contributed by atoms with Crippen LogP contribution in [0.1, 0.15) is 41.3 Å². The van der Waals surface area contributed by atoms with Crippen molar-refractivity contribution in [2.24, 2.45) is 5.92 Å². The van der Waals surface area contributed by atoms with Gasteiger partial charge in [0.2, 0.25) is 5.91 Å². The highest BCUT2D eigenvalue weighted by atomic mass is 16.4. The highest BCUT2D eigenvalue weighted by Gasteiger charge is 2.18. The Hall–Kier alpha value is -2.17. The molecular formula is C17H23NO4. The topological polar surface area (TPSA) is 74.7 Å². The molecule has 0 aliphatic heterocycles. The van der Waals surface area contributed by atoms with Gasteiger partial charge in [-0.05, 0) is 25.5 Å². The summed E-state index contributed by atoms with van der Waals surface area (Å²) in [6.07, 6.45) is 0.226. The van der Waals surface area contributed by atoms with Crippen LogP contribution in [0.2, 0.25) is 0 Å². The van der Waals surface area contributed by atoms with Gasteiger partial charge in [0.25, 0.3) is 0 Å². The van der Waals surface area contributed by atoms with Crippen molar-refractivity contribution >= 4 is 17.7 Å². The SMILES string of the molecule is Cc1ccc(C)c(C(=O)CCC(=O)N(C)CC(C)C(=O)O)c1. The van der Waals surface area contributed by atoms with E-state index in [4.69, 9.17) is 5.11 Å². The van der Waals surface area contributed by atoms with Crippen molar-refractivity contribution in [1.29, 1.82) is 0 Å². The van der Waals surface area contributed by atoms with Gasteiger partial charge in [-0.3, -0.25) is 14.4 Å². The van der Waals surface area contributed by atoms with E-state index in [1.54, 1.807) is 14.0 Å². The third-order valence-electron chi connectivity index (χ3n) is 3.65. The summed E-state index contributed by atoms with van der Waals surface area (Å²) in [5.74, 6) is -1.84. The van der Waals surface area contributed by atoms with Crippen LogP contribution in [0.4, 0.5) is 0 Å². The Bertz CT molecular complexity index is 580. The normalized spacial score (nSPS) is 11.8. The average Bonchev–Trinajstić information content (AvgIpc) is 2.46. The minimum atomic E-state index is -0.939. The van der Waals surface area contributed by atoms with E-state index in [0.29, 0.717) is 5.56 Å². The van der Waals surface area contributed by atoms with Gasteiger partial charge in [-0.15, -0.1) is 0 Å². The molecule has 0 heterocycles. The van der Waals surface area contributed by atoms with E-state index >= 15 is 0 Å². The molecule has 1 N–H and O–H groups in total. The van der Waals surface area contributed by atoms with Gasteiger partial charge in [0.05, 0.1) is 5.92 Å². The van der Waals surface area contributed by atoms with Crippen LogP contribution in [0.5, 0.6) is 0 Å². The summed E-state index contributed by atoms with van der Waals surface area (Å²) < 4.78 is 0. The second kappa shape index (κ2) is 7.73. The lowest BCUT2D eigenvalue weighted by molar-refractivity contribution is -0.142. The Morgan fingerprint density at radius 2 is 1.82 bits per heavy atom. The van der Waals surface area contributed by atoms with Gasteiger partial charge < -0.3 is 10.0 Å². The van der Waals surface area contributed by atoms with Gasteiger partial charge in [0.15, 0.2) is 5.78 Å². The molecule has 0 bridgehead atoms. The number of rotatable bonds is 7. The van der Waals surface area contributed by atoms with Gasteiger partial charge in [-0.25, -0.2) is 0 Å². The van der Waals surface area contributed by atoms with Crippen molar-refractivity contribution in [3.8, 4) is 0 Å². The van der Waals surface area contributed by atoms with Crippen LogP contribution in [0.25, 0.3) is 0 Å². The molecular weight excluding hydrogens is 282 g/mol. The maximum absolute atomic E-state index is 12.2. The lowest BCUT2D eigenvalue weighted by Gasteiger charge is -2.19. The standard InChI is InChI=1S/C17H23NO4/c1-11-5-6-12(2)14(9-11)15(19)7-8-16(20)18(4)10-13(3)17(21)22/h5-6,9,13H,7-8,10H2,1-4H3,(H,21,22). The number of carboxylic acids is 1. The van der Waals surface area contributed by atoms with Crippen LogP contribution >= 0.6 is 0 Å². The van der Waals surface area contributed by atoms with Crippen molar-refractivity contribution in [2.45, 2.75) is 33.6 Å². The molecule has 0 aliphatic rings. The summed E-state index contributed by atoms with van der Waals surface area (Å²) in [7, 11) is 1.56. The van der Waals surface area contributed by atoms with Crippen molar-refractivity contribution < 1.29 is 19.5 Å². The molecule has 1 amide bonds. The molecule has 0 saturated heterocycles. The van der Waals surface area contributed by atoms with Crippen molar-refractivity contribution in [3.05, 3.63) is 34.9 Å². The molecule has 0 fully saturated rings. The minimum Gasteiger partial charge on any atom is -0.481 e. The van der Waals surface area contributed by atoms with Crippen LogP contribution in [-0.2, 0) is 9.59 Å². The van der Waals surface area contributed by atoms with Crippen molar-refractivity contribution in [2.75, 3.05) is 13.6 Å². The predicted octanol–water partition coefficient (Wildman–Crippen LogP) is 2.45. The van der Waals surface area contributed by atoms with Gasteiger partial charge in [-0.2, -0.15) is 0 Å². The zero-order chi connectivity index (χ0) is 16.9. The first-order valence-corrected chi connectivity index (χ1v) is 7.29. The quantitative estimate of drug-likeness (QED) is 0.785. The first kappa shape index (κ1) is 17.9. The Balaban J connectivity index is 2.58. The zero-order valence-electron chi connectivity index (χ0n) is 13.5. The predicted molar refractivity (Wildman–Crippen MR) is 83.9 cm³/mol. The monoisotopic (exact) mass is 305 g/mol. The van der Waals surface area contributed by atoms with E-state index < -0.39 is 11.9 Å². The van der Waals surface area contributed by atoms with Crippen LogP contribution < -0.4 is 0 Å². The first-order valence-electron chi connectivity index (χ1n) is 7.29. The van der Waals surface area contributed by atoms with Gasteiger partial charge in [-0.1, -0.05) is 24.6 Å². The number of hydrogen-bond acceptors (Lipinski definition) is 3. The summed E-state index contributed by atoms with van der Waals surface area (Å²) in [5, 5.41) is 8.84. The Labute approximate surface area is 130 Å². The summed E-state index contributed by atoms with van der Waals surface area (Å²) in [6.45, 7) is 5.48. The fraction of sp³-hybridized carbons (Fsp3) is 0.471.